The van der Waals surface area contributed by atoms with Gasteiger partial charge in [-0.05, 0) is 44.7 Å². The molecule has 0 aliphatic carbocycles. The van der Waals surface area contributed by atoms with E-state index in [4.69, 9.17) is 14.9 Å². The number of carbonyl (C=O) groups excluding carboxylic acids is 1. The fraction of sp³-hybridized carbons (Fsp3) is 0.500. The van der Waals surface area contributed by atoms with Gasteiger partial charge < -0.3 is 10.1 Å². The Balaban J connectivity index is 0.000000570. The van der Waals surface area contributed by atoms with E-state index in [1.165, 1.54) is 32.1 Å². The minimum atomic E-state index is 0. The van der Waals surface area contributed by atoms with Crippen LogP contribution in [0.3, 0.4) is 0 Å². The third-order valence-electron chi connectivity index (χ3n) is 3.80. The average molecular weight is 508 g/mol. The van der Waals surface area contributed by atoms with Crippen molar-refractivity contribution < 1.29 is 30.0 Å². The molecule has 0 unspecified atom stereocenters. The zero-order valence-electron chi connectivity index (χ0n) is 15.5. The van der Waals surface area contributed by atoms with Crippen LogP contribution in [0.2, 0.25) is 0 Å². The quantitative estimate of drug-likeness (QED) is 0.264. The number of allylic oxidation sites excluding steroid dienone is 2. The first kappa shape index (κ1) is 22.7. The summed E-state index contributed by atoms with van der Waals surface area (Å²) in [5.74, 6) is 0.250. The number of rotatable bonds is 2. The van der Waals surface area contributed by atoms with Gasteiger partial charge in [-0.25, -0.2) is 0 Å². The maximum absolute atomic E-state index is 8.40. The van der Waals surface area contributed by atoms with Gasteiger partial charge in [0, 0.05) is 25.6 Å². The molecule has 0 saturated heterocycles. The molecule has 4 heteroatoms. The van der Waals surface area contributed by atoms with Gasteiger partial charge in [0.1, 0.15) is 0 Å². The Morgan fingerprint density at radius 2 is 1.83 bits per heavy atom. The SMILES string of the molecule is CC(=[OH+])/C=C(/C)O.CC1(C)CCC(C)(C)C(c2[c-]cccc2)=N1.[Ir]. The number of benzene rings is 1. The Morgan fingerprint density at radius 3 is 2.25 bits per heavy atom. The molecule has 0 fully saturated rings. The van der Waals surface area contributed by atoms with Crippen molar-refractivity contribution in [1.29, 1.82) is 0 Å². The van der Waals surface area contributed by atoms with Gasteiger partial charge in [0.05, 0.1) is 18.8 Å². The molecule has 2 N–H and O–H groups in total. The van der Waals surface area contributed by atoms with Crippen molar-refractivity contribution in [3.63, 3.8) is 0 Å². The number of hydrogen-bond donors (Lipinski definition) is 1. The smallest absolute Gasteiger partial charge is 0.316 e. The number of aliphatic hydroxyl groups excluding tert-OH is 1. The zero-order valence-corrected chi connectivity index (χ0v) is 17.9. The fourth-order valence-corrected chi connectivity index (χ4v) is 2.51. The number of aliphatic hydroxyl groups is 1. The van der Waals surface area contributed by atoms with Gasteiger partial charge in [0.2, 0.25) is 0 Å². The van der Waals surface area contributed by atoms with E-state index < -0.39 is 0 Å². The summed E-state index contributed by atoms with van der Waals surface area (Å²) in [6.07, 6.45) is 3.64. The summed E-state index contributed by atoms with van der Waals surface area (Å²) in [4.78, 5) is 13.3. The summed E-state index contributed by atoms with van der Waals surface area (Å²) >= 11 is 0. The molecule has 1 radical (unpaired) electrons. The predicted molar refractivity (Wildman–Crippen MR) is 97.9 cm³/mol. The van der Waals surface area contributed by atoms with Crippen LogP contribution in [-0.2, 0) is 20.1 Å². The summed E-state index contributed by atoms with van der Waals surface area (Å²) in [7, 11) is 0. The van der Waals surface area contributed by atoms with Crippen molar-refractivity contribution in [3.05, 3.63) is 47.7 Å². The molecule has 0 bridgehead atoms. The molecule has 1 aliphatic rings. The van der Waals surface area contributed by atoms with Gasteiger partial charge in [-0.3, -0.25) is 4.79 Å². The van der Waals surface area contributed by atoms with E-state index in [-0.39, 0.29) is 42.6 Å². The number of hydrogen-bond acceptors (Lipinski definition) is 2. The third kappa shape index (κ3) is 7.55. The molecule has 1 aromatic carbocycles. The minimum absolute atomic E-state index is 0. The Bertz CT molecular complexity index is 597. The van der Waals surface area contributed by atoms with E-state index in [1.807, 2.05) is 12.1 Å². The van der Waals surface area contributed by atoms with Crippen molar-refractivity contribution in [1.82, 2.24) is 0 Å². The molecule has 0 spiro atoms. The Hall–Kier alpha value is -1.25. The van der Waals surface area contributed by atoms with Gasteiger partial charge in [-0.15, -0.1) is 35.9 Å². The Labute approximate surface area is 159 Å². The van der Waals surface area contributed by atoms with Crippen LogP contribution in [0.25, 0.3) is 0 Å². The molecular weight excluding hydrogens is 478 g/mol. The van der Waals surface area contributed by atoms with E-state index >= 15 is 0 Å². The molecule has 0 aromatic heterocycles. The van der Waals surface area contributed by atoms with Gasteiger partial charge >= 0.3 is 5.78 Å². The number of ketones is 1. The topological polar surface area (TPSA) is 54.0 Å². The van der Waals surface area contributed by atoms with Crippen molar-refractivity contribution >= 4 is 11.5 Å². The monoisotopic (exact) mass is 508 g/mol. The van der Waals surface area contributed by atoms with Gasteiger partial charge in [-0.2, -0.15) is 0 Å². The van der Waals surface area contributed by atoms with Crippen LogP contribution < -0.4 is 0 Å². The first-order chi connectivity index (χ1) is 10.5. The summed E-state index contributed by atoms with van der Waals surface area (Å²) in [6.45, 7) is 12.0. The van der Waals surface area contributed by atoms with Crippen LogP contribution in [-0.4, -0.2) is 26.9 Å². The Kier molecular flexibility index (Phi) is 8.81. The van der Waals surface area contributed by atoms with E-state index in [0.717, 1.165) is 12.0 Å². The van der Waals surface area contributed by atoms with Gasteiger partial charge in [0.15, 0.2) is 0 Å². The molecule has 2 rings (SSSR count). The summed E-state index contributed by atoms with van der Waals surface area (Å²) in [5, 5.41) is 8.40. The van der Waals surface area contributed by atoms with Crippen molar-refractivity contribution in [2.24, 2.45) is 10.4 Å². The Morgan fingerprint density at radius 1 is 1.21 bits per heavy atom. The van der Waals surface area contributed by atoms with Gasteiger partial charge in [0.25, 0.3) is 0 Å². The van der Waals surface area contributed by atoms with Crippen molar-refractivity contribution in [3.8, 4) is 0 Å². The molecule has 24 heavy (non-hydrogen) atoms. The molecule has 1 heterocycles. The van der Waals surface area contributed by atoms with Crippen LogP contribution >= 0.6 is 0 Å². The molecular formula is C20H29IrNO2. The molecule has 0 amide bonds. The van der Waals surface area contributed by atoms with E-state index in [1.54, 1.807) is 0 Å². The summed E-state index contributed by atoms with van der Waals surface area (Å²) in [5.41, 5.74) is 2.62. The molecule has 1 aliphatic heterocycles. The van der Waals surface area contributed by atoms with Crippen LogP contribution in [0.1, 0.15) is 59.9 Å². The predicted octanol–water partition coefficient (Wildman–Crippen LogP) is 4.88. The molecule has 1 aromatic rings. The standard InChI is InChI=1S/C15H20N.C5H8O2.Ir/c1-14(2)10-11-15(3,4)16-13(14)12-8-6-5-7-9-12;1-4(6)3-5(2)7;/h5-8H,10-11H2,1-4H3;3,6H,1-2H3;/q-1;;/p+1/b;4-3-;. The maximum Gasteiger partial charge on any atom is 0.316 e. The second-order valence-electron chi connectivity index (χ2n) is 7.36. The normalized spacial score (nSPS) is 18.4. The van der Waals surface area contributed by atoms with E-state index in [2.05, 4.69) is 45.9 Å². The molecule has 135 valence electrons. The molecule has 3 nitrogen and oxygen atoms in total. The minimum Gasteiger partial charge on any atom is -0.512 e. The third-order valence-corrected chi connectivity index (χ3v) is 3.80. The van der Waals surface area contributed by atoms with Crippen LogP contribution in [0, 0.1) is 11.5 Å². The average Bonchev–Trinajstić information content (AvgIpc) is 2.42. The van der Waals surface area contributed by atoms with E-state index in [9.17, 15) is 0 Å². The first-order valence-electron chi connectivity index (χ1n) is 8.01. The number of aliphatic imine (C=N–C) groups is 1. The zero-order chi connectivity index (χ0) is 17.7. The van der Waals surface area contributed by atoms with Crippen molar-refractivity contribution in [2.45, 2.75) is 59.9 Å². The van der Waals surface area contributed by atoms with Crippen LogP contribution in [0.15, 0.2) is 41.1 Å². The summed E-state index contributed by atoms with van der Waals surface area (Å²) in [6, 6.07) is 11.4. The maximum atomic E-state index is 8.40. The molecule has 0 saturated carbocycles. The van der Waals surface area contributed by atoms with Gasteiger partial charge in [-0.1, -0.05) is 13.8 Å². The van der Waals surface area contributed by atoms with E-state index in [0.29, 0.717) is 0 Å². The van der Waals surface area contributed by atoms with Crippen LogP contribution in [0.5, 0.6) is 0 Å². The second-order valence-corrected chi connectivity index (χ2v) is 7.36. The largest absolute Gasteiger partial charge is 0.512 e. The molecule has 0 atom stereocenters. The van der Waals surface area contributed by atoms with Crippen molar-refractivity contribution in [2.75, 3.05) is 0 Å². The second kappa shape index (κ2) is 9.29. The summed E-state index contributed by atoms with van der Waals surface area (Å²) < 4.78 is 0. The number of nitrogens with zero attached hydrogens (tertiary/aromatic N) is 1. The van der Waals surface area contributed by atoms with Crippen LogP contribution in [0.4, 0.5) is 0 Å². The first-order valence-corrected chi connectivity index (χ1v) is 8.01. The fourth-order valence-electron chi connectivity index (χ4n) is 2.51.